The second-order valence-corrected chi connectivity index (χ2v) is 8.70. The SMILES string of the molecule is N#CN1CCC(C(=O)Nc2nc3ccc(-c4ccc(-c5ccccc5)cc4)cc3s2)C1. The van der Waals surface area contributed by atoms with Crippen molar-refractivity contribution in [3.63, 3.8) is 0 Å². The average molecular weight is 425 g/mol. The first-order chi connectivity index (χ1) is 15.2. The molecule has 6 heteroatoms. The highest BCUT2D eigenvalue weighted by Gasteiger charge is 2.28. The molecule has 5 nitrogen and oxygen atoms in total. The molecule has 1 aliphatic heterocycles. The average Bonchev–Trinajstić information content (AvgIpc) is 3.46. The Morgan fingerprint density at radius 2 is 1.68 bits per heavy atom. The van der Waals surface area contributed by atoms with Gasteiger partial charge >= 0.3 is 0 Å². The first-order valence-corrected chi connectivity index (χ1v) is 11.0. The molecule has 152 valence electrons. The molecule has 0 aliphatic carbocycles. The third-order valence-electron chi connectivity index (χ3n) is 5.64. The maximum Gasteiger partial charge on any atom is 0.231 e. The van der Waals surface area contributed by atoms with Gasteiger partial charge in [-0.2, -0.15) is 5.26 Å². The third-order valence-corrected chi connectivity index (χ3v) is 6.58. The van der Waals surface area contributed by atoms with Crippen LogP contribution < -0.4 is 5.32 Å². The van der Waals surface area contributed by atoms with E-state index in [1.54, 1.807) is 4.90 Å². The zero-order valence-electron chi connectivity index (χ0n) is 16.8. The number of aromatic nitrogens is 1. The number of hydrogen-bond donors (Lipinski definition) is 1. The summed E-state index contributed by atoms with van der Waals surface area (Å²) in [5.41, 5.74) is 5.52. The number of likely N-dealkylation sites (tertiary alicyclic amines) is 1. The van der Waals surface area contributed by atoms with Gasteiger partial charge in [-0.25, -0.2) is 4.98 Å². The number of carbonyl (C=O) groups is 1. The minimum absolute atomic E-state index is 0.0615. The van der Waals surface area contributed by atoms with Crippen molar-refractivity contribution in [1.82, 2.24) is 9.88 Å². The first kappa shape index (κ1) is 19.3. The van der Waals surface area contributed by atoms with Crippen LogP contribution in [0.4, 0.5) is 5.13 Å². The summed E-state index contributed by atoms with van der Waals surface area (Å²) < 4.78 is 1.03. The molecule has 1 saturated heterocycles. The van der Waals surface area contributed by atoms with Gasteiger partial charge in [-0.15, -0.1) is 0 Å². The van der Waals surface area contributed by atoms with Crippen LogP contribution >= 0.6 is 11.3 Å². The van der Waals surface area contributed by atoms with Crippen molar-refractivity contribution in [3.05, 3.63) is 72.8 Å². The third kappa shape index (κ3) is 4.00. The van der Waals surface area contributed by atoms with Crippen LogP contribution in [0.5, 0.6) is 0 Å². The standard InChI is InChI=1S/C25H20N4OS/c26-16-29-13-12-21(15-29)24(30)28-25-27-22-11-10-20(14-23(22)31-25)19-8-6-18(7-9-19)17-4-2-1-3-5-17/h1-11,14,21H,12-13,15H2,(H,27,28,30). The summed E-state index contributed by atoms with van der Waals surface area (Å²) in [6.07, 6.45) is 2.81. The molecule has 1 N–H and O–H groups in total. The van der Waals surface area contributed by atoms with Gasteiger partial charge < -0.3 is 10.2 Å². The lowest BCUT2D eigenvalue weighted by Crippen LogP contribution is -2.25. The fraction of sp³-hybridized carbons (Fsp3) is 0.160. The van der Waals surface area contributed by atoms with Gasteiger partial charge in [-0.3, -0.25) is 4.79 Å². The number of amides is 1. The van der Waals surface area contributed by atoms with Gasteiger partial charge in [-0.1, -0.05) is 72.0 Å². The maximum absolute atomic E-state index is 12.5. The number of nitriles is 1. The van der Waals surface area contributed by atoms with Crippen LogP contribution in [0, 0.1) is 17.4 Å². The number of fused-ring (bicyclic) bond motifs is 1. The monoisotopic (exact) mass is 424 g/mol. The van der Waals surface area contributed by atoms with E-state index < -0.39 is 0 Å². The van der Waals surface area contributed by atoms with E-state index in [0.29, 0.717) is 24.6 Å². The molecule has 0 bridgehead atoms. The molecule has 1 unspecified atom stereocenters. The molecule has 1 aromatic heterocycles. The lowest BCUT2D eigenvalue weighted by atomic mass is 10.0. The maximum atomic E-state index is 12.5. The molecule has 5 rings (SSSR count). The number of anilines is 1. The lowest BCUT2D eigenvalue weighted by molar-refractivity contribution is -0.119. The Balaban J connectivity index is 1.34. The lowest BCUT2D eigenvalue weighted by Gasteiger charge is -2.08. The highest BCUT2D eigenvalue weighted by Crippen LogP contribution is 2.32. The van der Waals surface area contributed by atoms with E-state index in [2.05, 4.69) is 65.0 Å². The highest BCUT2D eigenvalue weighted by atomic mass is 32.1. The Morgan fingerprint density at radius 3 is 2.39 bits per heavy atom. The number of rotatable bonds is 4. The van der Waals surface area contributed by atoms with Crippen molar-refractivity contribution in [2.75, 3.05) is 18.4 Å². The molecule has 1 amide bonds. The summed E-state index contributed by atoms with van der Waals surface area (Å²) in [6, 6.07) is 25.0. The smallest absolute Gasteiger partial charge is 0.231 e. The summed E-state index contributed by atoms with van der Waals surface area (Å²) in [5.74, 6) is -0.223. The Hall–Kier alpha value is -3.69. The van der Waals surface area contributed by atoms with E-state index in [-0.39, 0.29) is 11.8 Å². The zero-order chi connectivity index (χ0) is 21.2. The Labute approximate surface area is 184 Å². The van der Waals surface area contributed by atoms with Crippen LogP contribution in [0.2, 0.25) is 0 Å². The van der Waals surface area contributed by atoms with Crippen LogP contribution in [0.25, 0.3) is 32.5 Å². The van der Waals surface area contributed by atoms with Gasteiger partial charge in [0.05, 0.1) is 16.1 Å². The van der Waals surface area contributed by atoms with Gasteiger partial charge in [0.2, 0.25) is 5.91 Å². The number of nitrogens with one attached hydrogen (secondary N) is 1. The minimum Gasteiger partial charge on any atom is -0.310 e. The van der Waals surface area contributed by atoms with Gasteiger partial charge in [0.1, 0.15) is 0 Å². The molecule has 1 atom stereocenters. The van der Waals surface area contributed by atoms with Crippen molar-refractivity contribution in [1.29, 1.82) is 5.26 Å². The van der Waals surface area contributed by atoms with Gasteiger partial charge in [0.15, 0.2) is 11.3 Å². The Kier molecular flexibility index (Phi) is 5.11. The number of hydrogen-bond acceptors (Lipinski definition) is 5. The van der Waals surface area contributed by atoms with Crippen LogP contribution in [0.3, 0.4) is 0 Å². The fourth-order valence-corrected chi connectivity index (χ4v) is 4.82. The number of carbonyl (C=O) groups excluding carboxylic acids is 1. The predicted octanol–water partition coefficient (Wildman–Crippen LogP) is 5.37. The van der Waals surface area contributed by atoms with E-state index >= 15 is 0 Å². The van der Waals surface area contributed by atoms with E-state index in [4.69, 9.17) is 5.26 Å². The first-order valence-electron chi connectivity index (χ1n) is 10.2. The van der Waals surface area contributed by atoms with Crippen molar-refractivity contribution in [2.45, 2.75) is 6.42 Å². The van der Waals surface area contributed by atoms with Crippen molar-refractivity contribution in [3.8, 4) is 28.4 Å². The number of thiazole rings is 1. The molecular formula is C25H20N4OS. The van der Waals surface area contributed by atoms with E-state index in [0.717, 1.165) is 21.3 Å². The van der Waals surface area contributed by atoms with Crippen molar-refractivity contribution < 1.29 is 4.79 Å². The van der Waals surface area contributed by atoms with E-state index in [1.807, 2.05) is 24.3 Å². The molecule has 1 aliphatic rings. The molecule has 0 radical (unpaired) electrons. The van der Waals surface area contributed by atoms with Crippen LogP contribution in [-0.2, 0) is 4.79 Å². The number of benzene rings is 3. The van der Waals surface area contributed by atoms with E-state index in [9.17, 15) is 4.79 Å². The van der Waals surface area contributed by atoms with Crippen LogP contribution in [0.1, 0.15) is 6.42 Å². The topological polar surface area (TPSA) is 69.0 Å². The fourth-order valence-electron chi connectivity index (χ4n) is 3.92. The van der Waals surface area contributed by atoms with Crippen molar-refractivity contribution in [2.24, 2.45) is 5.92 Å². The minimum atomic E-state index is -0.162. The molecule has 4 aromatic rings. The quantitative estimate of drug-likeness (QED) is 0.447. The summed E-state index contributed by atoms with van der Waals surface area (Å²) in [6.45, 7) is 1.12. The van der Waals surface area contributed by atoms with Gasteiger partial charge in [-0.05, 0) is 40.8 Å². The molecule has 3 aromatic carbocycles. The van der Waals surface area contributed by atoms with E-state index in [1.165, 1.54) is 22.5 Å². The summed E-state index contributed by atoms with van der Waals surface area (Å²) in [4.78, 5) is 18.7. The Bertz CT molecular complexity index is 1270. The molecule has 1 fully saturated rings. The second-order valence-electron chi connectivity index (χ2n) is 7.67. The molecule has 0 saturated carbocycles. The molecule has 31 heavy (non-hydrogen) atoms. The van der Waals surface area contributed by atoms with Gasteiger partial charge in [0.25, 0.3) is 0 Å². The zero-order valence-corrected chi connectivity index (χ0v) is 17.6. The predicted molar refractivity (Wildman–Crippen MR) is 124 cm³/mol. The van der Waals surface area contributed by atoms with Gasteiger partial charge in [0, 0.05) is 13.1 Å². The second kappa shape index (κ2) is 8.21. The molecular weight excluding hydrogens is 404 g/mol. The molecule has 2 heterocycles. The summed E-state index contributed by atoms with van der Waals surface area (Å²) >= 11 is 1.48. The highest BCUT2D eigenvalue weighted by molar-refractivity contribution is 7.22. The summed E-state index contributed by atoms with van der Waals surface area (Å²) in [5, 5.41) is 12.5. The summed E-state index contributed by atoms with van der Waals surface area (Å²) in [7, 11) is 0. The van der Waals surface area contributed by atoms with Crippen LogP contribution in [0.15, 0.2) is 72.8 Å². The van der Waals surface area contributed by atoms with Crippen LogP contribution in [-0.4, -0.2) is 28.9 Å². The number of nitrogens with zero attached hydrogens (tertiary/aromatic N) is 3. The molecule has 0 spiro atoms. The largest absolute Gasteiger partial charge is 0.310 e. The Morgan fingerprint density at radius 1 is 1.00 bits per heavy atom. The van der Waals surface area contributed by atoms with Crippen molar-refractivity contribution >= 4 is 32.6 Å². The normalized spacial score (nSPS) is 15.7.